The summed E-state index contributed by atoms with van der Waals surface area (Å²) in [5, 5.41) is 0. The smallest absolute Gasteiger partial charge is 0.368 e. The summed E-state index contributed by atoms with van der Waals surface area (Å²) in [7, 11) is 0. The van der Waals surface area contributed by atoms with Gasteiger partial charge in [-0.3, -0.25) is 9.59 Å². The lowest BCUT2D eigenvalue weighted by molar-refractivity contribution is -0.137. The van der Waals surface area contributed by atoms with Gasteiger partial charge in [-0.05, 0) is 42.5 Å². The van der Waals surface area contributed by atoms with E-state index < -0.39 is 23.6 Å². The van der Waals surface area contributed by atoms with Gasteiger partial charge in [-0.15, -0.1) is 0 Å². The van der Waals surface area contributed by atoms with Gasteiger partial charge in [-0.1, -0.05) is 54.2 Å². The first-order valence-electron chi connectivity index (χ1n) is 11.4. The molecule has 5 nitrogen and oxygen atoms in total. The summed E-state index contributed by atoms with van der Waals surface area (Å²) in [6.45, 7) is 2.28. The third kappa shape index (κ3) is 4.70. The topological polar surface area (TPSA) is 43.9 Å². The Hall–Kier alpha value is -3.72. The highest BCUT2D eigenvalue weighted by Gasteiger charge is 2.43. The second-order valence-electron chi connectivity index (χ2n) is 8.40. The number of halogens is 3. The van der Waals surface area contributed by atoms with E-state index >= 15 is 0 Å². The van der Waals surface area contributed by atoms with Crippen LogP contribution in [0, 0.1) is 0 Å². The third-order valence-corrected chi connectivity index (χ3v) is 7.21. The Labute approximate surface area is 210 Å². The zero-order valence-electron chi connectivity index (χ0n) is 19.1. The summed E-state index contributed by atoms with van der Waals surface area (Å²) in [4.78, 5) is 33.1. The van der Waals surface area contributed by atoms with Crippen molar-refractivity contribution >= 4 is 35.0 Å². The fraction of sp³-hybridized carbons (Fsp3) is 0.185. The van der Waals surface area contributed by atoms with Crippen LogP contribution in [0.1, 0.15) is 5.56 Å². The zero-order valence-corrected chi connectivity index (χ0v) is 19.9. The SMILES string of the molecule is O=C1C(Sc2ccccc2)=C(N2CCN(c3ccccc3)CC2)C(=O)N1c1cccc(C(F)(F)F)c1. The lowest BCUT2D eigenvalue weighted by Crippen LogP contribution is -2.47. The Bertz CT molecular complexity index is 1300. The van der Waals surface area contributed by atoms with Crippen LogP contribution in [0.3, 0.4) is 0 Å². The third-order valence-electron chi connectivity index (χ3n) is 6.13. The minimum absolute atomic E-state index is 0.0936. The van der Waals surface area contributed by atoms with Crippen LogP contribution in [-0.2, 0) is 15.8 Å². The summed E-state index contributed by atoms with van der Waals surface area (Å²) in [5.41, 5.74) is 0.301. The molecule has 2 aliphatic rings. The molecule has 3 aromatic carbocycles. The van der Waals surface area contributed by atoms with E-state index in [1.54, 1.807) is 0 Å². The quantitative estimate of drug-likeness (QED) is 0.431. The molecule has 2 amide bonds. The van der Waals surface area contributed by atoms with Gasteiger partial charge < -0.3 is 9.80 Å². The molecule has 0 aliphatic carbocycles. The van der Waals surface area contributed by atoms with Gasteiger partial charge >= 0.3 is 6.18 Å². The predicted molar refractivity (Wildman–Crippen MR) is 133 cm³/mol. The first kappa shape index (κ1) is 24.0. The van der Waals surface area contributed by atoms with E-state index in [0.29, 0.717) is 26.2 Å². The van der Waals surface area contributed by atoms with Gasteiger partial charge in [0.25, 0.3) is 11.8 Å². The summed E-state index contributed by atoms with van der Waals surface area (Å²) in [5.74, 6) is -1.22. The Balaban J connectivity index is 1.47. The van der Waals surface area contributed by atoms with E-state index in [1.165, 1.54) is 12.1 Å². The molecule has 0 radical (unpaired) electrons. The van der Waals surface area contributed by atoms with E-state index in [-0.39, 0.29) is 16.3 Å². The average molecular weight is 510 g/mol. The number of thioether (sulfide) groups is 1. The van der Waals surface area contributed by atoms with Crippen molar-refractivity contribution in [3.05, 3.63) is 101 Å². The minimum atomic E-state index is -4.59. The number of para-hydroxylation sites is 1. The maximum absolute atomic E-state index is 13.6. The van der Waals surface area contributed by atoms with Crippen molar-refractivity contribution in [2.24, 2.45) is 0 Å². The highest BCUT2D eigenvalue weighted by atomic mass is 32.2. The Morgan fingerprint density at radius 1 is 0.667 bits per heavy atom. The van der Waals surface area contributed by atoms with Crippen molar-refractivity contribution in [3.8, 4) is 0 Å². The minimum Gasteiger partial charge on any atom is -0.368 e. The van der Waals surface area contributed by atoms with Gasteiger partial charge in [0.15, 0.2) is 0 Å². The van der Waals surface area contributed by atoms with E-state index in [9.17, 15) is 22.8 Å². The molecular formula is C27H22F3N3O2S. The van der Waals surface area contributed by atoms with Gasteiger partial charge in [0.2, 0.25) is 0 Å². The van der Waals surface area contributed by atoms with Crippen LogP contribution in [0.25, 0.3) is 0 Å². The van der Waals surface area contributed by atoms with Crippen molar-refractivity contribution in [2.75, 3.05) is 36.0 Å². The van der Waals surface area contributed by atoms with E-state index in [0.717, 1.165) is 39.4 Å². The largest absolute Gasteiger partial charge is 0.416 e. The number of amides is 2. The van der Waals surface area contributed by atoms with Crippen LogP contribution in [0.5, 0.6) is 0 Å². The maximum atomic E-state index is 13.6. The Morgan fingerprint density at radius 2 is 1.25 bits per heavy atom. The van der Waals surface area contributed by atoms with Crippen molar-refractivity contribution < 1.29 is 22.8 Å². The molecule has 1 fully saturated rings. The molecule has 0 saturated carbocycles. The molecule has 1 saturated heterocycles. The number of anilines is 2. The van der Waals surface area contributed by atoms with Crippen LogP contribution < -0.4 is 9.80 Å². The number of imide groups is 1. The Morgan fingerprint density at radius 3 is 1.89 bits per heavy atom. The number of nitrogens with zero attached hydrogens (tertiary/aromatic N) is 3. The number of piperazine rings is 1. The normalized spacial score (nSPS) is 16.8. The number of benzene rings is 3. The summed E-state index contributed by atoms with van der Waals surface area (Å²) in [6, 6.07) is 23.4. The molecule has 0 aromatic heterocycles. The fourth-order valence-corrected chi connectivity index (χ4v) is 5.38. The number of carbonyl (C=O) groups is 2. The van der Waals surface area contributed by atoms with Crippen molar-refractivity contribution in [3.63, 3.8) is 0 Å². The Kier molecular flexibility index (Phi) is 6.49. The van der Waals surface area contributed by atoms with Crippen molar-refractivity contribution in [1.82, 2.24) is 4.90 Å². The molecule has 3 aromatic rings. The predicted octanol–water partition coefficient (Wildman–Crippen LogP) is 5.40. The second kappa shape index (κ2) is 9.73. The number of alkyl halides is 3. The highest BCUT2D eigenvalue weighted by molar-refractivity contribution is 8.04. The first-order chi connectivity index (χ1) is 17.3. The number of hydrogen-bond acceptors (Lipinski definition) is 5. The molecule has 2 aliphatic heterocycles. The number of rotatable bonds is 5. The maximum Gasteiger partial charge on any atom is 0.416 e. The van der Waals surface area contributed by atoms with Crippen LogP contribution in [-0.4, -0.2) is 42.9 Å². The summed E-state index contributed by atoms with van der Waals surface area (Å²) in [6.07, 6.45) is -4.59. The average Bonchev–Trinajstić information content (AvgIpc) is 3.13. The van der Waals surface area contributed by atoms with E-state index in [1.807, 2.05) is 65.6 Å². The van der Waals surface area contributed by atoms with Gasteiger partial charge in [-0.25, -0.2) is 4.90 Å². The lowest BCUT2D eigenvalue weighted by Gasteiger charge is -2.37. The standard InChI is InChI=1S/C27H22F3N3O2S/c28-27(29,30)19-8-7-11-21(18-19)33-25(34)23(24(26(33)35)36-22-12-5-2-6-13-22)32-16-14-31(15-17-32)20-9-3-1-4-10-20/h1-13,18H,14-17H2. The molecule has 0 N–H and O–H groups in total. The number of hydrogen-bond donors (Lipinski definition) is 0. The first-order valence-corrected chi connectivity index (χ1v) is 12.2. The zero-order chi connectivity index (χ0) is 25.3. The summed E-state index contributed by atoms with van der Waals surface area (Å²) < 4.78 is 40.0. The molecule has 0 spiro atoms. The molecule has 0 atom stereocenters. The van der Waals surface area contributed by atoms with Gasteiger partial charge in [-0.2, -0.15) is 13.2 Å². The van der Waals surface area contributed by atoms with Crippen LogP contribution >= 0.6 is 11.8 Å². The van der Waals surface area contributed by atoms with E-state index in [4.69, 9.17) is 0 Å². The lowest BCUT2D eigenvalue weighted by atomic mass is 10.2. The van der Waals surface area contributed by atoms with E-state index in [2.05, 4.69) is 4.90 Å². The summed E-state index contributed by atoms with van der Waals surface area (Å²) >= 11 is 1.16. The molecule has 5 rings (SSSR count). The molecular weight excluding hydrogens is 487 g/mol. The van der Waals surface area contributed by atoms with Crippen LogP contribution in [0.2, 0.25) is 0 Å². The number of carbonyl (C=O) groups excluding carboxylic acids is 2. The molecule has 0 unspecified atom stereocenters. The van der Waals surface area contributed by atoms with Crippen LogP contribution in [0.15, 0.2) is 100 Å². The second-order valence-corrected chi connectivity index (χ2v) is 9.48. The van der Waals surface area contributed by atoms with Crippen LogP contribution in [0.4, 0.5) is 24.5 Å². The van der Waals surface area contributed by atoms with Gasteiger partial charge in [0, 0.05) is 36.8 Å². The fourth-order valence-electron chi connectivity index (χ4n) is 4.36. The van der Waals surface area contributed by atoms with Gasteiger partial charge in [0.1, 0.15) is 10.6 Å². The highest BCUT2D eigenvalue weighted by Crippen LogP contribution is 2.40. The van der Waals surface area contributed by atoms with Gasteiger partial charge in [0.05, 0.1) is 11.3 Å². The van der Waals surface area contributed by atoms with Crippen molar-refractivity contribution in [1.29, 1.82) is 0 Å². The molecule has 0 bridgehead atoms. The molecule has 9 heteroatoms. The molecule has 2 heterocycles. The van der Waals surface area contributed by atoms with Crippen molar-refractivity contribution in [2.45, 2.75) is 11.1 Å². The molecule has 184 valence electrons. The monoisotopic (exact) mass is 509 g/mol. The molecule has 36 heavy (non-hydrogen) atoms.